The van der Waals surface area contributed by atoms with Crippen LogP contribution in [0.1, 0.15) is 19.3 Å². The van der Waals surface area contributed by atoms with Crippen LogP contribution in [0, 0.1) is 11.8 Å². The molecule has 0 amide bonds. The van der Waals surface area contributed by atoms with Gasteiger partial charge in [0.15, 0.2) is 0 Å². The molecule has 5 atom stereocenters. The number of hydrogen-bond acceptors (Lipinski definition) is 5. The maximum absolute atomic E-state index is 12.9. The second-order valence-electron chi connectivity index (χ2n) is 6.08. The van der Waals surface area contributed by atoms with Crippen molar-refractivity contribution < 1.29 is 27.8 Å². The molecule has 2 aliphatic heterocycles. The number of rotatable bonds is 3. The maximum atomic E-state index is 12.9. The van der Waals surface area contributed by atoms with E-state index >= 15 is 0 Å². The number of alkyl halides is 5. The van der Waals surface area contributed by atoms with Gasteiger partial charge in [-0.15, -0.1) is 0 Å². The van der Waals surface area contributed by atoms with E-state index in [0.29, 0.717) is 0 Å². The fourth-order valence-corrected chi connectivity index (χ4v) is 10.9. The molecule has 5 nitrogen and oxygen atoms in total. The summed E-state index contributed by atoms with van der Waals surface area (Å²) in [4.78, 5) is 12.1. The second-order valence-corrected chi connectivity index (χ2v) is 11.7. The van der Waals surface area contributed by atoms with E-state index in [9.17, 15) is 23.1 Å². The summed E-state index contributed by atoms with van der Waals surface area (Å²) in [5.41, 5.74) is -2.60. The Labute approximate surface area is 140 Å². The SMILES string of the molecule is O=C(OC1CC2CC1CC2(O)C(F)(F)F)C(I)C12NI1N2. The molecule has 0 aromatic rings. The Balaban J connectivity index is 1.39. The van der Waals surface area contributed by atoms with Gasteiger partial charge in [0.2, 0.25) is 0 Å². The molecule has 2 bridgehead atoms. The molecule has 2 heterocycles. The van der Waals surface area contributed by atoms with E-state index in [4.69, 9.17) is 4.74 Å². The molecular formula is C11H13F3I2N2O3. The van der Waals surface area contributed by atoms with E-state index in [-0.39, 0.29) is 38.7 Å². The van der Waals surface area contributed by atoms with Crippen molar-refractivity contribution in [3.05, 3.63) is 0 Å². The molecule has 21 heavy (non-hydrogen) atoms. The first-order valence-electron chi connectivity index (χ1n) is 6.56. The molecular weight excluding hydrogens is 519 g/mol. The van der Waals surface area contributed by atoms with Crippen LogP contribution in [-0.4, -0.2) is 36.6 Å². The summed E-state index contributed by atoms with van der Waals surface area (Å²) in [6.07, 6.45) is -5.07. The Kier molecular flexibility index (Phi) is 3.15. The average Bonchev–Trinajstić information content (AvgIpc) is 3.14. The molecule has 0 aromatic carbocycles. The third-order valence-corrected chi connectivity index (χ3v) is 12.1. The number of nitrogens with one attached hydrogen (secondary N) is 2. The fourth-order valence-electron chi connectivity index (χ4n) is 3.55. The number of carbonyl (C=O) groups excluding carboxylic acids is 1. The molecule has 0 spiro atoms. The van der Waals surface area contributed by atoms with Crippen LogP contribution < -0.4 is 7.06 Å². The predicted octanol–water partition coefficient (Wildman–Crippen LogP) is 1.62. The average molecular weight is 532 g/mol. The Morgan fingerprint density at radius 2 is 2.05 bits per heavy atom. The van der Waals surface area contributed by atoms with Crippen molar-refractivity contribution in [2.75, 3.05) is 0 Å². The summed E-state index contributed by atoms with van der Waals surface area (Å²) in [6.45, 7) is 0. The topological polar surface area (TPSA) is 90.4 Å². The molecule has 0 aromatic heterocycles. The van der Waals surface area contributed by atoms with E-state index in [1.807, 2.05) is 22.6 Å². The summed E-state index contributed by atoms with van der Waals surface area (Å²) in [7, 11) is 0. The predicted molar refractivity (Wildman–Crippen MR) is 82.5 cm³/mol. The number of esters is 1. The van der Waals surface area contributed by atoms with Crippen LogP contribution in [0.25, 0.3) is 0 Å². The van der Waals surface area contributed by atoms with E-state index in [1.54, 1.807) is 0 Å². The van der Waals surface area contributed by atoms with Crippen LogP contribution >= 0.6 is 43.0 Å². The zero-order valence-electron chi connectivity index (χ0n) is 10.6. The van der Waals surface area contributed by atoms with Crippen LogP contribution in [-0.2, 0) is 9.53 Å². The summed E-state index contributed by atoms with van der Waals surface area (Å²) >= 11 is 0.791. The molecule has 3 N–H and O–H groups in total. The Morgan fingerprint density at radius 3 is 2.48 bits per heavy atom. The molecule has 4 fully saturated rings. The zero-order chi connectivity index (χ0) is 15.2. The molecule has 0 radical (unpaired) electrons. The summed E-state index contributed by atoms with van der Waals surface area (Å²) in [6, 6.07) is 0. The standard InChI is InChI=1S/C11H13F3I2N2O3/c12-11(13,14)9(20)3-4-1-5(9)2-6(4)21-8(19)7(15)10-16(17-10)18-10/h4-7,17-18,20H,1-3H2. The Hall–Kier alpha value is 0.600. The van der Waals surface area contributed by atoms with E-state index in [1.165, 1.54) is 0 Å². The molecule has 4 aliphatic rings. The van der Waals surface area contributed by atoms with Crippen molar-refractivity contribution in [3.8, 4) is 0 Å². The monoisotopic (exact) mass is 532 g/mol. The second kappa shape index (κ2) is 4.36. The third-order valence-electron chi connectivity index (χ3n) is 4.88. The number of carbonyl (C=O) groups is 1. The number of fused-ring (bicyclic) bond motifs is 3. The van der Waals surface area contributed by atoms with Gasteiger partial charge in [-0.1, -0.05) is 0 Å². The van der Waals surface area contributed by atoms with Crippen LogP contribution in [0.4, 0.5) is 13.2 Å². The van der Waals surface area contributed by atoms with Crippen molar-refractivity contribution in [2.24, 2.45) is 11.8 Å². The summed E-state index contributed by atoms with van der Waals surface area (Å²) in [5.74, 6) is -1.60. The number of halogens is 5. The van der Waals surface area contributed by atoms with Gasteiger partial charge in [0.25, 0.3) is 0 Å². The molecule has 4 rings (SSSR count). The fraction of sp³-hybridized carbons (Fsp3) is 0.909. The van der Waals surface area contributed by atoms with E-state index in [2.05, 4.69) is 7.06 Å². The molecule has 2 aliphatic carbocycles. The van der Waals surface area contributed by atoms with Crippen LogP contribution in [0.2, 0.25) is 0 Å². The van der Waals surface area contributed by atoms with Crippen LogP contribution in [0.3, 0.4) is 0 Å². The Morgan fingerprint density at radius 1 is 1.43 bits per heavy atom. The first-order chi connectivity index (χ1) is 9.67. The van der Waals surface area contributed by atoms with E-state index < -0.39 is 44.2 Å². The zero-order valence-corrected chi connectivity index (χ0v) is 14.9. The molecule has 5 unspecified atom stereocenters. The van der Waals surface area contributed by atoms with Gasteiger partial charge in [0, 0.05) is 0 Å². The van der Waals surface area contributed by atoms with Gasteiger partial charge in [-0.2, -0.15) is 0 Å². The molecule has 2 saturated carbocycles. The molecule has 10 heteroatoms. The van der Waals surface area contributed by atoms with Crippen molar-refractivity contribution >= 4 is 48.9 Å². The number of ether oxygens (including phenoxy) is 1. The van der Waals surface area contributed by atoms with Crippen molar-refractivity contribution in [1.82, 2.24) is 7.06 Å². The number of aliphatic hydroxyl groups is 1. The van der Waals surface area contributed by atoms with E-state index in [0.717, 1.165) is 0 Å². The van der Waals surface area contributed by atoms with Gasteiger partial charge in [0.05, 0.1) is 0 Å². The van der Waals surface area contributed by atoms with Gasteiger partial charge in [0.1, 0.15) is 0 Å². The van der Waals surface area contributed by atoms with Gasteiger partial charge >= 0.3 is 140 Å². The number of hydrogen-bond donors (Lipinski definition) is 3. The summed E-state index contributed by atoms with van der Waals surface area (Å²) in [5, 5.41) is 9.84. The Bertz CT molecular complexity index is 513. The normalized spacial score (nSPS) is 45.2. The van der Waals surface area contributed by atoms with Crippen molar-refractivity contribution in [1.29, 1.82) is 0 Å². The van der Waals surface area contributed by atoms with Gasteiger partial charge in [-0.3, -0.25) is 0 Å². The minimum absolute atomic E-state index is 0.103. The van der Waals surface area contributed by atoms with Crippen molar-refractivity contribution in [2.45, 2.75) is 44.7 Å². The first kappa shape index (κ1) is 15.1. The van der Waals surface area contributed by atoms with Crippen LogP contribution in [0.15, 0.2) is 0 Å². The third kappa shape index (κ3) is 2.08. The first-order valence-corrected chi connectivity index (χ1v) is 11.0. The molecule has 2 saturated heterocycles. The van der Waals surface area contributed by atoms with Gasteiger partial charge in [-0.25, -0.2) is 0 Å². The summed E-state index contributed by atoms with van der Waals surface area (Å²) < 4.78 is 50.1. The van der Waals surface area contributed by atoms with Crippen LogP contribution in [0.5, 0.6) is 0 Å². The van der Waals surface area contributed by atoms with Crippen molar-refractivity contribution in [3.63, 3.8) is 0 Å². The van der Waals surface area contributed by atoms with Gasteiger partial charge < -0.3 is 0 Å². The van der Waals surface area contributed by atoms with Gasteiger partial charge in [-0.05, 0) is 0 Å². The minimum atomic E-state index is -4.61. The quantitative estimate of drug-likeness (QED) is 0.129. The molecule has 120 valence electrons.